The highest BCUT2D eigenvalue weighted by Gasteiger charge is 2.44. The van der Waals surface area contributed by atoms with Gasteiger partial charge in [-0.2, -0.15) is 0 Å². The third kappa shape index (κ3) is 4.28. The predicted molar refractivity (Wildman–Crippen MR) is 139 cm³/mol. The van der Waals surface area contributed by atoms with Crippen LogP contribution in [-0.4, -0.2) is 56.6 Å². The molecular weight excluding hydrogens is 452 g/mol. The lowest BCUT2D eigenvalue weighted by atomic mass is 9.72. The molecule has 8 nitrogen and oxygen atoms in total. The van der Waals surface area contributed by atoms with Crippen molar-refractivity contribution >= 4 is 22.6 Å². The highest BCUT2D eigenvalue weighted by Crippen LogP contribution is 2.42. The molecule has 3 aromatic heterocycles. The predicted octanol–water partition coefficient (Wildman–Crippen LogP) is 3.39. The molecule has 0 saturated carbocycles. The minimum Gasteiger partial charge on any atom is -0.507 e. The van der Waals surface area contributed by atoms with E-state index in [1.54, 1.807) is 12.1 Å². The van der Waals surface area contributed by atoms with Crippen LogP contribution in [0.5, 0.6) is 5.75 Å². The average molecular weight is 483 g/mol. The fourth-order valence-electron chi connectivity index (χ4n) is 5.77. The number of phenols is 1. The van der Waals surface area contributed by atoms with Crippen LogP contribution in [0.25, 0.3) is 11.0 Å². The third-order valence-electron chi connectivity index (χ3n) is 7.70. The molecule has 4 aromatic rings. The smallest absolute Gasteiger partial charge is 0.252 e. The Balaban J connectivity index is 1.08. The first-order chi connectivity index (χ1) is 17.5. The van der Waals surface area contributed by atoms with Crippen LogP contribution in [0.3, 0.4) is 0 Å². The van der Waals surface area contributed by atoms with Gasteiger partial charge in [0, 0.05) is 63.2 Å². The van der Waals surface area contributed by atoms with Gasteiger partial charge in [0.1, 0.15) is 11.4 Å². The number of anilines is 1. The first-order valence-electron chi connectivity index (χ1n) is 12.4. The molecule has 2 fully saturated rings. The van der Waals surface area contributed by atoms with Gasteiger partial charge in [0.15, 0.2) is 0 Å². The molecule has 2 aliphatic rings. The summed E-state index contributed by atoms with van der Waals surface area (Å²) in [6.07, 6.45) is 10.2. The number of pyridine rings is 2. The van der Waals surface area contributed by atoms with Crippen LogP contribution >= 0.6 is 0 Å². The number of piperidine rings is 1. The summed E-state index contributed by atoms with van der Waals surface area (Å²) in [6.45, 7) is 5.99. The van der Waals surface area contributed by atoms with Gasteiger partial charge in [-0.05, 0) is 59.7 Å². The number of carbonyl (C=O) groups is 1. The number of aromatic nitrogens is 3. The SMILES string of the molecule is NC(=O)c1ccc(Cn2ccc3cc(N4CCC5(CC4)CN(Cc4cccnc4)C5)cnc32)cc1O. The summed E-state index contributed by atoms with van der Waals surface area (Å²) in [5.74, 6) is -0.733. The zero-order valence-corrected chi connectivity index (χ0v) is 20.2. The number of fused-ring (bicyclic) bond motifs is 1. The van der Waals surface area contributed by atoms with Gasteiger partial charge >= 0.3 is 0 Å². The molecule has 3 N–H and O–H groups in total. The second kappa shape index (κ2) is 8.95. The van der Waals surface area contributed by atoms with Gasteiger partial charge in [-0.15, -0.1) is 0 Å². The first kappa shape index (κ1) is 22.5. The van der Waals surface area contributed by atoms with Gasteiger partial charge in [0.05, 0.1) is 17.4 Å². The number of nitrogens with two attached hydrogens (primary N) is 1. The van der Waals surface area contributed by atoms with Crippen molar-refractivity contribution in [2.45, 2.75) is 25.9 Å². The Morgan fingerprint density at radius 1 is 1.03 bits per heavy atom. The summed E-state index contributed by atoms with van der Waals surface area (Å²) >= 11 is 0. The zero-order valence-electron chi connectivity index (χ0n) is 20.2. The van der Waals surface area contributed by atoms with Crippen LogP contribution in [-0.2, 0) is 13.1 Å². The maximum Gasteiger partial charge on any atom is 0.252 e. The fraction of sp³-hybridized carbons (Fsp3) is 0.321. The van der Waals surface area contributed by atoms with E-state index in [2.05, 4.69) is 33.0 Å². The topological polar surface area (TPSA) is 101 Å². The maximum atomic E-state index is 11.4. The van der Waals surface area contributed by atoms with Crippen LogP contribution in [0.15, 0.2) is 67.3 Å². The number of nitrogens with zero attached hydrogens (tertiary/aromatic N) is 5. The first-order valence-corrected chi connectivity index (χ1v) is 12.4. The van der Waals surface area contributed by atoms with E-state index in [9.17, 15) is 9.90 Å². The molecule has 8 heteroatoms. The number of hydrogen-bond acceptors (Lipinski definition) is 6. The summed E-state index contributed by atoms with van der Waals surface area (Å²) < 4.78 is 2.05. The monoisotopic (exact) mass is 482 g/mol. The van der Waals surface area contributed by atoms with Crippen LogP contribution in [0, 0.1) is 5.41 Å². The zero-order chi connectivity index (χ0) is 24.7. The summed E-state index contributed by atoms with van der Waals surface area (Å²) in [5, 5.41) is 11.2. The number of carbonyl (C=O) groups excluding carboxylic acids is 1. The van der Waals surface area contributed by atoms with Crippen molar-refractivity contribution in [1.82, 2.24) is 19.4 Å². The second-order valence-electron chi connectivity index (χ2n) is 10.3. The van der Waals surface area contributed by atoms with Crippen LogP contribution in [0.1, 0.15) is 34.3 Å². The van der Waals surface area contributed by atoms with Gasteiger partial charge in [0.25, 0.3) is 5.91 Å². The van der Waals surface area contributed by atoms with Gasteiger partial charge in [0.2, 0.25) is 0 Å². The molecule has 1 spiro atoms. The molecular formula is C28H30N6O2. The van der Waals surface area contributed by atoms with Gasteiger partial charge in [-0.1, -0.05) is 12.1 Å². The van der Waals surface area contributed by atoms with Gasteiger partial charge in [-0.25, -0.2) is 4.98 Å². The molecule has 0 aliphatic carbocycles. The minimum atomic E-state index is -0.636. The standard InChI is InChI=1S/C28H30N6O2/c29-26(36)24-4-3-20(12-25(24)35)17-34-9-5-22-13-23(15-31-27(22)34)33-10-6-28(7-11-33)18-32(19-28)16-21-2-1-8-30-14-21/h1-5,8-9,12-15,35H,6-7,10-11,16-19H2,(H2,29,36). The van der Waals surface area contributed by atoms with Crippen LogP contribution in [0.4, 0.5) is 5.69 Å². The Bertz CT molecular complexity index is 1400. The van der Waals surface area contributed by atoms with Crippen LogP contribution < -0.4 is 10.6 Å². The van der Waals surface area contributed by atoms with E-state index in [4.69, 9.17) is 10.7 Å². The normalized spacial score (nSPS) is 17.4. The highest BCUT2D eigenvalue weighted by atomic mass is 16.3. The number of primary amides is 1. The quantitative estimate of drug-likeness (QED) is 0.437. The molecule has 0 radical (unpaired) electrons. The number of benzene rings is 1. The Hall–Kier alpha value is -3.91. The molecule has 1 amide bonds. The molecule has 36 heavy (non-hydrogen) atoms. The summed E-state index contributed by atoms with van der Waals surface area (Å²) in [6, 6.07) is 13.4. The van der Waals surface area contributed by atoms with Crippen molar-refractivity contribution in [3.8, 4) is 5.75 Å². The Morgan fingerprint density at radius 3 is 2.58 bits per heavy atom. The van der Waals surface area contributed by atoms with Gasteiger partial charge < -0.3 is 20.3 Å². The molecule has 6 rings (SSSR count). The van der Waals surface area contributed by atoms with Crippen molar-refractivity contribution in [2.75, 3.05) is 31.1 Å². The van der Waals surface area contributed by atoms with E-state index < -0.39 is 5.91 Å². The lowest BCUT2D eigenvalue weighted by Crippen LogP contribution is -2.59. The highest BCUT2D eigenvalue weighted by molar-refractivity contribution is 5.95. The van der Waals surface area contributed by atoms with Crippen molar-refractivity contribution in [1.29, 1.82) is 0 Å². The largest absolute Gasteiger partial charge is 0.507 e. The number of amides is 1. The van der Waals surface area contributed by atoms with E-state index in [0.717, 1.165) is 36.2 Å². The lowest BCUT2D eigenvalue weighted by molar-refractivity contribution is -0.0240. The van der Waals surface area contributed by atoms with Crippen molar-refractivity contribution in [3.05, 3.63) is 83.9 Å². The van der Waals surface area contributed by atoms with Crippen molar-refractivity contribution < 1.29 is 9.90 Å². The molecule has 1 aromatic carbocycles. The van der Waals surface area contributed by atoms with E-state index in [1.165, 1.54) is 37.2 Å². The average Bonchev–Trinajstić information content (AvgIpc) is 3.26. The van der Waals surface area contributed by atoms with E-state index in [0.29, 0.717) is 12.0 Å². The number of rotatable bonds is 6. The lowest BCUT2D eigenvalue weighted by Gasteiger charge is -2.54. The Kier molecular flexibility index (Phi) is 5.60. The Labute approximate surface area is 210 Å². The van der Waals surface area contributed by atoms with Crippen molar-refractivity contribution in [2.24, 2.45) is 11.1 Å². The second-order valence-corrected chi connectivity index (χ2v) is 10.3. The third-order valence-corrected chi connectivity index (χ3v) is 7.70. The van der Waals surface area contributed by atoms with E-state index in [1.807, 2.05) is 41.5 Å². The Morgan fingerprint density at radius 2 is 1.86 bits per heavy atom. The molecule has 5 heterocycles. The molecule has 2 saturated heterocycles. The molecule has 184 valence electrons. The number of aromatic hydroxyl groups is 1. The molecule has 0 bridgehead atoms. The number of hydrogen-bond donors (Lipinski definition) is 2. The van der Waals surface area contributed by atoms with Crippen LogP contribution in [0.2, 0.25) is 0 Å². The minimum absolute atomic E-state index is 0.0961. The summed E-state index contributed by atoms with van der Waals surface area (Å²) in [4.78, 5) is 25.4. The van der Waals surface area contributed by atoms with E-state index >= 15 is 0 Å². The van der Waals surface area contributed by atoms with Crippen molar-refractivity contribution in [3.63, 3.8) is 0 Å². The summed E-state index contributed by atoms with van der Waals surface area (Å²) in [5.41, 5.74) is 10.1. The molecule has 2 aliphatic heterocycles. The molecule has 0 unspecified atom stereocenters. The fourth-order valence-corrected chi connectivity index (χ4v) is 5.77. The maximum absolute atomic E-state index is 11.4. The molecule has 0 atom stereocenters. The van der Waals surface area contributed by atoms with E-state index in [-0.39, 0.29) is 11.3 Å². The number of likely N-dealkylation sites (tertiary alicyclic amines) is 1. The summed E-state index contributed by atoms with van der Waals surface area (Å²) in [7, 11) is 0. The van der Waals surface area contributed by atoms with Gasteiger partial charge in [-0.3, -0.25) is 14.7 Å².